The molecule has 0 fully saturated rings. The van der Waals surface area contributed by atoms with Gasteiger partial charge in [0, 0.05) is 29.3 Å². The topological polar surface area (TPSA) is 109 Å². The number of carbonyl (C=O) groups is 1. The average molecular weight is 333 g/mol. The first kappa shape index (κ1) is 16.0. The number of carbonyl (C=O) groups excluding carboxylic acids is 1. The number of nitriles is 1. The highest BCUT2D eigenvalue weighted by Gasteiger charge is 2.17. The number of hydrogen-bond acceptors (Lipinski definition) is 5. The molecule has 1 heterocycles. The minimum Gasteiger partial charge on any atom is -0.439 e. The lowest BCUT2D eigenvalue weighted by molar-refractivity contribution is -0.384. The van der Waals surface area contributed by atoms with E-state index >= 15 is 0 Å². The standard InChI is InChI=1S/C18H11N3O4/c19-11-14-10-16(13-7-4-8-15(9-13)21(23)24)25-18(14)20-17(22)12-5-2-1-3-6-12/h1-10H,(H,20,22). The number of nitrogens with one attached hydrogen (secondary N) is 1. The molecule has 0 aliphatic heterocycles. The zero-order valence-electron chi connectivity index (χ0n) is 12.8. The number of nitro groups is 1. The molecule has 1 aromatic heterocycles. The second-order valence-corrected chi connectivity index (χ2v) is 5.09. The molecule has 3 rings (SSSR count). The van der Waals surface area contributed by atoms with E-state index in [1.165, 1.54) is 24.3 Å². The molecule has 25 heavy (non-hydrogen) atoms. The monoisotopic (exact) mass is 333 g/mol. The van der Waals surface area contributed by atoms with Crippen LogP contribution in [0.5, 0.6) is 0 Å². The first-order chi connectivity index (χ1) is 12.1. The lowest BCUT2D eigenvalue weighted by atomic mass is 10.1. The van der Waals surface area contributed by atoms with Gasteiger partial charge in [0.05, 0.1) is 4.92 Å². The van der Waals surface area contributed by atoms with Gasteiger partial charge in [-0.25, -0.2) is 0 Å². The van der Waals surface area contributed by atoms with Crippen molar-refractivity contribution in [1.82, 2.24) is 0 Å². The smallest absolute Gasteiger partial charge is 0.270 e. The molecular weight excluding hydrogens is 322 g/mol. The quantitative estimate of drug-likeness (QED) is 0.573. The molecule has 1 amide bonds. The van der Waals surface area contributed by atoms with E-state index < -0.39 is 10.8 Å². The highest BCUT2D eigenvalue weighted by Crippen LogP contribution is 2.31. The van der Waals surface area contributed by atoms with Gasteiger partial charge < -0.3 is 4.42 Å². The maximum absolute atomic E-state index is 12.2. The van der Waals surface area contributed by atoms with E-state index in [0.717, 1.165) is 0 Å². The first-order valence-corrected chi connectivity index (χ1v) is 7.23. The Labute approximate surface area is 142 Å². The van der Waals surface area contributed by atoms with Crippen molar-refractivity contribution >= 4 is 17.5 Å². The minimum atomic E-state index is -0.518. The van der Waals surface area contributed by atoms with Gasteiger partial charge >= 0.3 is 0 Å². The van der Waals surface area contributed by atoms with Crippen molar-refractivity contribution in [3.8, 4) is 17.4 Å². The number of nitro benzene ring substituents is 1. The van der Waals surface area contributed by atoms with Crippen molar-refractivity contribution in [2.45, 2.75) is 0 Å². The zero-order valence-corrected chi connectivity index (χ0v) is 12.8. The SMILES string of the molecule is N#Cc1cc(-c2cccc([N+](=O)[O-])c2)oc1NC(=O)c1ccccc1. The summed E-state index contributed by atoms with van der Waals surface area (Å²) in [5, 5.41) is 22.7. The summed E-state index contributed by atoms with van der Waals surface area (Å²) in [5.41, 5.74) is 0.888. The summed E-state index contributed by atoms with van der Waals surface area (Å²) >= 11 is 0. The molecule has 7 heteroatoms. The predicted molar refractivity (Wildman–Crippen MR) is 89.9 cm³/mol. The maximum atomic E-state index is 12.2. The number of anilines is 1. The molecular formula is C18H11N3O4. The summed E-state index contributed by atoms with van der Waals surface area (Å²) in [4.78, 5) is 22.6. The normalized spacial score (nSPS) is 10.0. The number of amides is 1. The Kier molecular flexibility index (Phi) is 4.26. The van der Waals surface area contributed by atoms with Crippen molar-refractivity contribution in [1.29, 1.82) is 5.26 Å². The van der Waals surface area contributed by atoms with Crippen molar-refractivity contribution < 1.29 is 14.1 Å². The lowest BCUT2D eigenvalue weighted by Gasteiger charge is -2.02. The molecule has 0 atom stereocenters. The lowest BCUT2D eigenvalue weighted by Crippen LogP contribution is -2.11. The fraction of sp³-hybridized carbons (Fsp3) is 0. The number of furan rings is 1. The Bertz CT molecular complexity index is 987. The fourth-order valence-electron chi connectivity index (χ4n) is 2.25. The molecule has 0 aliphatic rings. The molecule has 3 aromatic rings. The third-order valence-corrected chi connectivity index (χ3v) is 3.46. The van der Waals surface area contributed by atoms with Crippen molar-refractivity contribution in [2.75, 3.05) is 5.32 Å². The first-order valence-electron chi connectivity index (χ1n) is 7.23. The third-order valence-electron chi connectivity index (χ3n) is 3.46. The van der Waals surface area contributed by atoms with Crippen LogP contribution in [-0.2, 0) is 0 Å². The molecule has 0 spiro atoms. The highest BCUT2D eigenvalue weighted by atomic mass is 16.6. The molecule has 0 saturated heterocycles. The maximum Gasteiger partial charge on any atom is 0.270 e. The molecule has 7 nitrogen and oxygen atoms in total. The molecule has 2 aromatic carbocycles. The van der Waals surface area contributed by atoms with Gasteiger partial charge in [0.15, 0.2) is 0 Å². The van der Waals surface area contributed by atoms with Gasteiger partial charge in [-0.2, -0.15) is 5.26 Å². The van der Waals surface area contributed by atoms with Crippen molar-refractivity contribution in [3.05, 3.63) is 81.9 Å². The van der Waals surface area contributed by atoms with Crippen LogP contribution < -0.4 is 5.32 Å². The van der Waals surface area contributed by atoms with Crippen LogP contribution >= 0.6 is 0 Å². The summed E-state index contributed by atoms with van der Waals surface area (Å²) in [7, 11) is 0. The molecule has 0 unspecified atom stereocenters. The summed E-state index contributed by atoms with van der Waals surface area (Å²) in [6.07, 6.45) is 0. The van der Waals surface area contributed by atoms with Gasteiger partial charge in [-0.15, -0.1) is 0 Å². The predicted octanol–water partition coefficient (Wildman–Crippen LogP) is 3.98. The number of benzene rings is 2. The molecule has 0 aliphatic carbocycles. The van der Waals surface area contributed by atoms with E-state index in [4.69, 9.17) is 4.42 Å². The molecule has 1 N–H and O–H groups in total. The van der Waals surface area contributed by atoms with E-state index in [1.54, 1.807) is 36.4 Å². The van der Waals surface area contributed by atoms with Crippen LogP contribution in [0.4, 0.5) is 11.6 Å². The summed E-state index contributed by atoms with van der Waals surface area (Å²) < 4.78 is 5.54. The van der Waals surface area contributed by atoms with Crippen LogP contribution in [0.2, 0.25) is 0 Å². The van der Waals surface area contributed by atoms with Crippen molar-refractivity contribution in [3.63, 3.8) is 0 Å². The Morgan fingerprint density at radius 3 is 2.56 bits per heavy atom. The second-order valence-electron chi connectivity index (χ2n) is 5.09. The van der Waals surface area contributed by atoms with Gasteiger partial charge in [0.2, 0.25) is 5.88 Å². The minimum absolute atomic E-state index is 0.00198. The average Bonchev–Trinajstić information content (AvgIpc) is 3.05. The van der Waals surface area contributed by atoms with Crippen LogP contribution in [0.25, 0.3) is 11.3 Å². The third kappa shape index (κ3) is 3.38. The van der Waals surface area contributed by atoms with Crippen LogP contribution in [0.1, 0.15) is 15.9 Å². The number of rotatable bonds is 4. The Hall–Kier alpha value is -3.92. The summed E-state index contributed by atoms with van der Waals surface area (Å²) in [6.45, 7) is 0. The highest BCUT2D eigenvalue weighted by molar-refractivity contribution is 6.04. The largest absolute Gasteiger partial charge is 0.439 e. The molecule has 0 radical (unpaired) electrons. The second kappa shape index (κ2) is 6.68. The zero-order chi connectivity index (χ0) is 17.8. The van der Waals surface area contributed by atoms with E-state index in [-0.39, 0.29) is 22.9 Å². The van der Waals surface area contributed by atoms with Gasteiger partial charge in [-0.05, 0) is 12.1 Å². The fourth-order valence-corrected chi connectivity index (χ4v) is 2.25. The Morgan fingerprint density at radius 2 is 1.88 bits per heavy atom. The number of hydrogen-bond donors (Lipinski definition) is 1. The van der Waals surface area contributed by atoms with E-state index in [0.29, 0.717) is 11.1 Å². The van der Waals surface area contributed by atoms with E-state index in [2.05, 4.69) is 5.32 Å². The van der Waals surface area contributed by atoms with Crippen LogP contribution in [0.3, 0.4) is 0 Å². The summed E-state index contributed by atoms with van der Waals surface area (Å²) in [6, 6.07) is 17.7. The van der Waals surface area contributed by atoms with Gasteiger partial charge in [-0.3, -0.25) is 20.2 Å². The van der Waals surface area contributed by atoms with Gasteiger partial charge in [0.25, 0.3) is 11.6 Å². The molecule has 0 bridgehead atoms. The van der Waals surface area contributed by atoms with Crippen LogP contribution in [0, 0.1) is 21.4 Å². The molecule has 122 valence electrons. The number of nitrogens with zero attached hydrogens (tertiary/aromatic N) is 2. The van der Waals surface area contributed by atoms with E-state index in [1.807, 2.05) is 6.07 Å². The Morgan fingerprint density at radius 1 is 1.12 bits per heavy atom. The van der Waals surface area contributed by atoms with E-state index in [9.17, 15) is 20.2 Å². The van der Waals surface area contributed by atoms with Crippen LogP contribution in [-0.4, -0.2) is 10.8 Å². The Balaban J connectivity index is 1.93. The number of non-ortho nitro benzene ring substituents is 1. The van der Waals surface area contributed by atoms with Gasteiger partial charge in [-0.1, -0.05) is 30.3 Å². The van der Waals surface area contributed by atoms with Crippen LogP contribution in [0.15, 0.2) is 65.1 Å². The molecule has 0 saturated carbocycles. The summed E-state index contributed by atoms with van der Waals surface area (Å²) in [5.74, 6) is -0.168. The van der Waals surface area contributed by atoms with Crippen molar-refractivity contribution in [2.24, 2.45) is 0 Å². The van der Waals surface area contributed by atoms with Gasteiger partial charge in [0.1, 0.15) is 17.4 Å².